The molecule has 10 heteroatoms. The molecule has 132 valence electrons. The molecule has 0 aliphatic heterocycles. The van der Waals surface area contributed by atoms with Gasteiger partial charge < -0.3 is 5.11 Å². The molecule has 2 rings (SSSR count). The predicted molar refractivity (Wildman–Crippen MR) is 99.0 cm³/mol. The standard InChI is InChI=1S/C15H13IN2O6S/c1-10(15(19)20)17(12-6-4-5-11(16)9-12)25(23,24)14-8-3-2-7-13(14)18(21)22/h2-10H,1H3,(H,19,20). The van der Waals surface area contributed by atoms with E-state index in [0.29, 0.717) is 7.88 Å². The first-order chi connectivity index (χ1) is 11.7. The number of carbonyl (C=O) groups is 1. The van der Waals surface area contributed by atoms with Gasteiger partial charge in [-0.15, -0.1) is 0 Å². The maximum Gasteiger partial charge on any atom is 0.327 e. The number of nitro groups is 1. The van der Waals surface area contributed by atoms with Gasteiger partial charge in [-0.2, -0.15) is 0 Å². The van der Waals surface area contributed by atoms with Crippen LogP contribution in [-0.4, -0.2) is 30.5 Å². The predicted octanol–water partition coefficient (Wildman–Crippen LogP) is 2.87. The van der Waals surface area contributed by atoms with E-state index in [1.54, 1.807) is 12.1 Å². The molecule has 0 heterocycles. The van der Waals surface area contributed by atoms with Gasteiger partial charge >= 0.3 is 5.97 Å². The van der Waals surface area contributed by atoms with Gasteiger partial charge in [0.25, 0.3) is 15.7 Å². The van der Waals surface area contributed by atoms with Crippen LogP contribution in [0.5, 0.6) is 0 Å². The van der Waals surface area contributed by atoms with Gasteiger partial charge in [-0.3, -0.25) is 14.4 Å². The number of anilines is 1. The highest BCUT2D eigenvalue weighted by atomic mass is 127. The molecule has 8 nitrogen and oxygen atoms in total. The highest BCUT2D eigenvalue weighted by Gasteiger charge is 2.37. The number of carboxylic acids is 1. The summed E-state index contributed by atoms with van der Waals surface area (Å²) in [5, 5.41) is 20.5. The number of sulfonamides is 1. The van der Waals surface area contributed by atoms with Gasteiger partial charge in [-0.1, -0.05) is 18.2 Å². The van der Waals surface area contributed by atoms with Crippen molar-refractivity contribution in [2.75, 3.05) is 4.31 Å². The number of aliphatic carboxylic acids is 1. The summed E-state index contributed by atoms with van der Waals surface area (Å²) < 4.78 is 27.5. The van der Waals surface area contributed by atoms with Crippen LogP contribution in [-0.2, 0) is 14.8 Å². The molecule has 2 aromatic carbocycles. The molecule has 0 amide bonds. The van der Waals surface area contributed by atoms with Gasteiger partial charge in [0.05, 0.1) is 10.6 Å². The molecule has 0 aliphatic rings. The third-order valence-corrected chi connectivity index (χ3v) is 5.99. The van der Waals surface area contributed by atoms with Crippen molar-refractivity contribution in [2.45, 2.75) is 17.9 Å². The Balaban J connectivity index is 2.73. The fourth-order valence-electron chi connectivity index (χ4n) is 2.22. The molecule has 0 saturated heterocycles. The number of rotatable bonds is 6. The van der Waals surface area contributed by atoms with Crippen molar-refractivity contribution >= 4 is 50.0 Å². The van der Waals surface area contributed by atoms with E-state index >= 15 is 0 Å². The minimum atomic E-state index is -4.48. The summed E-state index contributed by atoms with van der Waals surface area (Å²) in [6.45, 7) is 1.20. The van der Waals surface area contributed by atoms with Crippen molar-refractivity contribution in [3.8, 4) is 0 Å². The zero-order valence-electron chi connectivity index (χ0n) is 12.9. The molecule has 0 aromatic heterocycles. The highest BCUT2D eigenvalue weighted by Crippen LogP contribution is 2.32. The Labute approximate surface area is 157 Å². The number of nitro benzene ring substituents is 1. The molecule has 1 N–H and O–H groups in total. The second-order valence-corrected chi connectivity index (χ2v) is 8.05. The number of hydrogen-bond donors (Lipinski definition) is 1. The van der Waals surface area contributed by atoms with E-state index in [2.05, 4.69) is 0 Å². The number of hydrogen-bond acceptors (Lipinski definition) is 5. The van der Waals surface area contributed by atoms with Crippen molar-refractivity contribution in [3.05, 3.63) is 62.2 Å². The molecule has 0 aliphatic carbocycles. The van der Waals surface area contributed by atoms with Gasteiger partial charge in [0.1, 0.15) is 6.04 Å². The van der Waals surface area contributed by atoms with Crippen molar-refractivity contribution in [3.63, 3.8) is 0 Å². The molecule has 1 atom stereocenters. The summed E-state index contributed by atoms with van der Waals surface area (Å²) in [5.74, 6) is -1.37. The molecule has 0 bridgehead atoms. The Hall–Kier alpha value is -2.21. The lowest BCUT2D eigenvalue weighted by Crippen LogP contribution is -2.43. The maximum absolute atomic E-state index is 13.1. The Morgan fingerprint density at radius 2 is 1.88 bits per heavy atom. The molecule has 2 aromatic rings. The topological polar surface area (TPSA) is 118 Å². The van der Waals surface area contributed by atoms with Crippen LogP contribution < -0.4 is 4.31 Å². The smallest absolute Gasteiger partial charge is 0.327 e. The molecule has 25 heavy (non-hydrogen) atoms. The molecule has 1 unspecified atom stereocenters. The van der Waals surface area contributed by atoms with Crippen LogP contribution in [0.25, 0.3) is 0 Å². The molecule has 0 fully saturated rings. The lowest BCUT2D eigenvalue weighted by atomic mass is 10.2. The van der Waals surface area contributed by atoms with Gasteiger partial charge in [0.15, 0.2) is 4.90 Å². The van der Waals surface area contributed by atoms with Crippen molar-refractivity contribution in [1.82, 2.24) is 0 Å². The second kappa shape index (κ2) is 7.35. The van der Waals surface area contributed by atoms with Gasteiger partial charge in [0.2, 0.25) is 0 Å². The fraction of sp³-hybridized carbons (Fsp3) is 0.133. The third kappa shape index (κ3) is 3.90. The quantitative estimate of drug-likeness (QED) is 0.389. The average molecular weight is 476 g/mol. The maximum atomic E-state index is 13.1. The van der Waals surface area contributed by atoms with E-state index in [-0.39, 0.29) is 5.69 Å². The Kier molecular flexibility index (Phi) is 5.62. The summed E-state index contributed by atoms with van der Waals surface area (Å²) in [5.41, 5.74) is -0.504. The van der Waals surface area contributed by atoms with Crippen LogP contribution in [0.3, 0.4) is 0 Å². The molecule has 0 radical (unpaired) electrons. The Morgan fingerprint density at radius 1 is 1.24 bits per heavy atom. The molecular weight excluding hydrogens is 463 g/mol. The van der Waals surface area contributed by atoms with E-state index in [9.17, 15) is 28.4 Å². The minimum Gasteiger partial charge on any atom is -0.480 e. The molecule has 0 spiro atoms. The largest absolute Gasteiger partial charge is 0.480 e. The van der Waals surface area contributed by atoms with Crippen molar-refractivity contribution in [1.29, 1.82) is 0 Å². The first-order valence-electron chi connectivity index (χ1n) is 6.92. The van der Waals surface area contributed by atoms with Crippen LogP contribution in [0.1, 0.15) is 6.92 Å². The van der Waals surface area contributed by atoms with Crippen LogP contribution in [0.2, 0.25) is 0 Å². The van der Waals surface area contributed by atoms with E-state index in [1.165, 1.54) is 31.2 Å². The van der Waals surface area contributed by atoms with Gasteiger partial charge in [-0.25, -0.2) is 13.2 Å². The minimum absolute atomic E-state index is 0.111. The first-order valence-corrected chi connectivity index (χ1v) is 9.44. The lowest BCUT2D eigenvalue weighted by molar-refractivity contribution is -0.387. The Morgan fingerprint density at radius 3 is 2.44 bits per heavy atom. The second-order valence-electron chi connectivity index (χ2n) is 5.02. The summed E-state index contributed by atoms with van der Waals surface area (Å²) in [7, 11) is -4.48. The van der Waals surface area contributed by atoms with Gasteiger partial charge in [0, 0.05) is 9.64 Å². The summed E-state index contributed by atoms with van der Waals surface area (Å²) >= 11 is 1.96. The lowest BCUT2D eigenvalue weighted by Gasteiger charge is -2.28. The summed E-state index contributed by atoms with van der Waals surface area (Å²) in [4.78, 5) is 21.3. The van der Waals surface area contributed by atoms with Crippen molar-refractivity contribution < 1.29 is 23.2 Å². The van der Waals surface area contributed by atoms with Crippen LogP contribution in [0, 0.1) is 13.7 Å². The normalized spacial score (nSPS) is 12.4. The number of carboxylic acid groups (broad SMARTS) is 1. The zero-order valence-corrected chi connectivity index (χ0v) is 15.8. The van der Waals surface area contributed by atoms with Crippen LogP contribution in [0.15, 0.2) is 53.4 Å². The molecule has 0 saturated carbocycles. The SMILES string of the molecule is CC(C(=O)O)N(c1cccc(I)c1)S(=O)(=O)c1ccccc1[N+](=O)[O-]. The van der Waals surface area contributed by atoms with Crippen LogP contribution >= 0.6 is 22.6 Å². The number of benzene rings is 2. The fourth-order valence-corrected chi connectivity index (χ4v) is 4.51. The summed E-state index contributed by atoms with van der Waals surface area (Å²) in [6, 6.07) is 9.60. The van der Waals surface area contributed by atoms with Gasteiger partial charge in [-0.05, 0) is 53.8 Å². The number of halogens is 1. The number of nitrogens with zero attached hydrogens (tertiary/aromatic N) is 2. The van der Waals surface area contributed by atoms with E-state index < -0.39 is 37.5 Å². The van der Waals surface area contributed by atoms with E-state index in [1.807, 2.05) is 22.6 Å². The van der Waals surface area contributed by atoms with E-state index in [0.717, 1.165) is 12.1 Å². The van der Waals surface area contributed by atoms with E-state index in [4.69, 9.17) is 0 Å². The highest BCUT2D eigenvalue weighted by molar-refractivity contribution is 14.1. The first kappa shape index (κ1) is 19.1. The Bertz CT molecular complexity index is 931. The third-order valence-electron chi connectivity index (χ3n) is 3.37. The number of para-hydroxylation sites is 1. The van der Waals surface area contributed by atoms with Crippen molar-refractivity contribution in [2.24, 2.45) is 0 Å². The zero-order chi connectivity index (χ0) is 18.8. The monoisotopic (exact) mass is 476 g/mol. The average Bonchev–Trinajstić information content (AvgIpc) is 2.54. The van der Waals surface area contributed by atoms with Crippen LogP contribution in [0.4, 0.5) is 11.4 Å². The summed E-state index contributed by atoms with van der Waals surface area (Å²) in [6.07, 6.45) is 0. The molecular formula is C15H13IN2O6S.